The largest absolute Gasteiger partial charge is 0.490 e. The lowest BCUT2D eigenvalue weighted by Gasteiger charge is -2.29. The first-order chi connectivity index (χ1) is 9.09. The van der Waals surface area contributed by atoms with Gasteiger partial charge in [0.2, 0.25) is 0 Å². The van der Waals surface area contributed by atoms with Gasteiger partial charge in [-0.05, 0) is 50.3 Å². The quantitative estimate of drug-likeness (QED) is 0.893. The lowest BCUT2D eigenvalue weighted by molar-refractivity contribution is -0.137. The van der Waals surface area contributed by atoms with Gasteiger partial charge in [-0.15, -0.1) is 0 Å². The Hall–Kier alpha value is -1.22. The minimum atomic E-state index is -0.757. The summed E-state index contributed by atoms with van der Waals surface area (Å²) in [5.74, 6) is 0.0694. The molecule has 3 rings (SSSR count). The summed E-state index contributed by atoms with van der Waals surface area (Å²) in [5.41, 5.74) is 0.727. The number of carboxylic acids is 1. The van der Waals surface area contributed by atoms with Crippen LogP contribution in [-0.2, 0) is 10.2 Å². The third-order valence-corrected chi connectivity index (χ3v) is 4.44. The summed E-state index contributed by atoms with van der Waals surface area (Å²) in [7, 11) is 0. The topological polar surface area (TPSA) is 46.5 Å². The van der Waals surface area contributed by atoms with Gasteiger partial charge in [0.05, 0.1) is 12.5 Å². The van der Waals surface area contributed by atoms with Gasteiger partial charge < -0.3 is 9.84 Å². The van der Waals surface area contributed by atoms with E-state index in [4.69, 9.17) is 21.4 Å². The molecule has 0 spiro atoms. The minimum absolute atomic E-state index is 0.161. The molecular formula is C15H17ClO3. The maximum atomic E-state index is 11.0. The van der Waals surface area contributed by atoms with E-state index in [1.807, 2.05) is 18.2 Å². The molecule has 0 unspecified atom stereocenters. The maximum Gasteiger partial charge on any atom is 0.304 e. The minimum Gasteiger partial charge on any atom is -0.490 e. The third-order valence-electron chi connectivity index (χ3n) is 4.20. The molecule has 0 radical (unpaired) electrons. The van der Waals surface area contributed by atoms with Crippen molar-refractivity contribution in [2.24, 2.45) is 0 Å². The fourth-order valence-electron chi connectivity index (χ4n) is 2.67. The molecule has 1 N–H and O–H groups in total. The van der Waals surface area contributed by atoms with Crippen LogP contribution in [0.4, 0.5) is 0 Å². The smallest absolute Gasteiger partial charge is 0.304 e. The second-order valence-corrected chi connectivity index (χ2v) is 6.10. The van der Waals surface area contributed by atoms with Gasteiger partial charge in [0.15, 0.2) is 0 Å². The van der Waals surface area contributed by atoms with E-state index in [-0.39, 0.29) is 11.8 Å². The van der Waals surface area contributed by atoms with Crippen LogP contribution in [0.25, 0.3) is 0 Å². The van der Waals surface area contributed by atoms with Crippen molar-refractivity contribution < 1.29 is 14.6 Å². The van der Waals surface area contributed by atoms with Crippen molar-refractivity contribution in [1.29, 1.82) is 0 Å². The van der Waals surface area contributed by atoms with E-state index in [0.717, 1.165) is 37.0 Å². The normalized spacial score (nSPS) is 20.7. The molecule has 2 fully saturated rings. The van der Waals surface area contributed by atoms with E-state index < -0.39 is 5.97 Å². The molecule has 0 atom stereocenters. The van der Waals surface area contributed by atoms with E-state index in [1.165, 1.54) is 6.42 Å². The van der Waals surface area contributed by atoms with Gasteiger partial charge in [0.25, 0.3) is 0 Å². The molecule has 0 bridgehead atoms. The van der Waals surface area contributed by atoms with Gasteiger partial charge in [-0.1, -0.05) is 11.6 Å². The van der Waals surface area contributed by atoms with E-state index in [1.54, 1.807) is 0 Å². The number of hydrogen-bond acceptors (Lipinski definition) is 2. The Labute approximate surface area is 117 Å². The molecule has 0 aliphatic heterocycles. The molecule has 0 heterocycles. The van der Waals surface area contributed by atoms with Crippen LogP contribution in [0.15, 0.2) is 18.2 Å². The van der Waals surface area contributed by atoms with Crippen LogP contribution >= 0.6 is 11.6 Å². The summed E-state index contributed by atoms with van der Waals surface area (Å²) >= 11 is 6.07. The first-order valence-electron chi connectivity index (χ1n) is 6.78. The first-order valence-corrected chi connectivity index (χ1v) is 7.15. The molecule has 0 aromatic heterocycles. The highest BCUT2D eigenvalue weighted by Crippen LogP contribution is 2.54. The van der Waals surface area contributed by atoms with E-state index in [9.17, 15) is 4.79 Å². The highest BCUT2D eigenvalue weighted by Gasteiger charge is 2.48. The summed E-state index contributed by atoms with van der Waals surface area (Å²) in [6.07, 6.45) is 5.66. The molecule has 4 heteroatoms. The second-order valence-electron chi connectivity index (χ2n) is 5.66. The van der Waals surface area contributed by atoms with Crippen molar-refractivity contribution in [1.82, 2.24) is 0 Å². The van der Waals surface area contributed by atoms with Crippen LogP contribution < -0.4 is 4.74 Å². The Morgan fingerprint density at radius 1 is 1.42 bits per heavy atom. The van der Waals surface area contributed by atoms with Gasteiger partial charge >= 0.3 is 5.97 Å². The van der Waals surface area contributed by atoms with Gasteiger partial charge in [0, 0.05) is 16.0 Å². The molecule has 2 saturated carbocycles. The number of halogens is 1. The van der Waals surface area contributed by atoms with Gasteiger partial charge in [-0.2, -0.15) is 0 Å². The zero-order chi connectivity index (χ0) is 13.5. The zero-order valence-corrected chi connectivity index (χ0v) is 11.4. The average molecular weight is 281 g/mol. The van der Waals surface area contributed by atoms with Crippen molar-refractivity contribution in [3.8, 4) is 5.75 Å². The Morgan fingerprint density at radius 2 is 2.16 bits per heavy atom. The molecule has 0 amide bonds. The van der Waals surface area contributed by atoms with Crippen molar-refractivity contribution in [2.75, 3.05) is 0 Å². The molecular weight excluding hydrogens is 264 g/mol. The predicted molar refractivity (Wildman–Crippen MR) is 72.9 cm³/mol. The summed E-state index contributed by atoms with van der Waals surface area (Å²) in [6, 6.07) is 5.58. The standard InChI is InChI=1S/C15H17ClO3/c16-10-4-5-13(19-11-2-1-3-11)12(8-10)15(6-7-15)9-14(17)18/h4-5,8,11H,1-3,6-7,9H2,(H,17,18). The molecule has 1 aromatic rings. The van der Waals surface area contributed by atoms with Crippen LogP contribution in [0.2, 0.25) is 5.02 Å². The van der Waals surface area contributed by atoms with Crippen LogP contribution in [0.5, 0.6) is 5.75 Å². The van der Waals surface area contributed by atoms with Crippen LogP contribution in [0, 0.1) is 0 Å². The number of hydrogen-bond donors (Lipinski definition) is 1. The molecule has 2 aliphatic rings. The Bertz CT molecular complexity index is 504. The van der Waals surface area contributed by atoms with Gasteiger partial charge in [-0.3, -0.25) is 4.79 Å². The van der Waals surface area contributed by atoms with Gasteiger partial charge in [-0.25, -0.2) is 0 Å². The fourth-order valence-corrected chi connectivity index (χ4v) is 2.84. The van der Waals surface area contributed by atoms with Crippen molar-refractivity contribution in [3.05, 3.63) is 28.8 Å². The third kappa shape index (κ3) is 2.57. The molecule has 1 aromatic carbocycles. The Kier molecular flexibility index (Phi) is 3.17. The molecule has 2 aliphatic carbocycles. The van der Waals surface area contributed by atoms with E-state index >= 15 is 0 Å². The summed E-state index contributed by atoms with van der Waals surface area (Å²) < 4.78 is 5.99. The number of carbonyl (C=O) groups is 1. The lowest BCUT2D eigenvalue weighted by Crippen LogP contribution is -2.26. The monoisotopic (exact) mass is 280 g/mol. The molecule has 102 valence electrons. The van der Waals surface area contributed by atoms with Crippen molar-refractivity contribution >= 4 is 17.6 Å². The zero-order valence-electron chi connectivity index (χ0n) is 10.7. The van der Waals surface area contributed by atoms with E-state index in [0.29, 0.717) is 11.1 Å². The maximum absolute atomic E-state index is 11.0. The summed E-state index contributed by atoms with van der Waals surface area (Å²) in [6.45, 7) is 0. The van der Waals surface area contributed by atoms with Crippen LogP contribution in [0.3, 0.4) is 0 Å². The Morgan fingerprint density at radius 3 is 2.68 bits per heavy atom. The molecule has 3 nitrogen and oxygen atoms in total. The summed E-state index contributed by atoms with van der Waals surface area (Å²) in [4.78, 5) is 11.0. The SMILES string of the molecule is O=C(O)CC1(c2cc(Cl)ccc2OC2CCC2)CC1. The number of ether oxygens (including phenoxy) is 1. The first kappa shape index (κ1) is 12.8. The number of rotatable bonds is 5. The highest BCUT2D eigenvalue weighted by molar-refractivity contribution is 6.30. The predicted octanol–water partition coefficient (Wildman–Crippen LogP) is 3.78. The highest BCUT2D eigenvalue weighted by atomic mass is 35.5. The average Bonchev–Trinajstić information content (AvgIpc) is 3.05. The van der Waals surface area contributed by atoms with Crippen molar-refractivity contribution in [2.45, 2.75) is 50.0 Å². The van der Waals surface area contributed by atoms with Crippen molar-refractivity contribution in [3.63, 3.8) is 0 Å². The molecule has 19 heavy (non-hydrogen) atoms. The fraction of sp³-hybridized carbons (Fsp3) is 0.533. The van der Waals surface area contributed by atoms with Crippen LogP contribution in [0.1, 0.15) is 44.1 Å². The van der Waals surface area contributed by atoms with E-state index in [2.05, 4.69) is 0 Å². The van der Waals surface area contributed by atoms with Crippen LogP contribution in [-0.4, -0.2) is 17.2 Å². The Balaban J connectivity index is 1.89. The lowest BCUT2D eigenvalue weighted by atomic mass is 9.91. The molecule has 0 saturated heterocycles. The number of carboxylic acid groups (broad SMARTS) is 1. The number of aliphatic carboxylic acids is 1. The van der Waals surface area contributed by atoms with Gasteiger partial charge in [0.1, 0.15) is 5.75 Å². The number of benzene rings is 1. The summed E-state index contributed by atoms with van der Waals surface area (Å²) in [5, 5.41) is 9.72. The second kappa shape index (κ2) is 4.71.